The summed E-state index contributed by atoms with van der Waals surface area (Å²) in [5.74, 6) is -0.871. The molecule has 12 heteroatoms. The Morgan fingerprint density at radius 2 is 1.83 bits per heavy atom. The largest absolute Gasteiger partial charge is 0.481 e. The van der Waals surface area contributed by atoms with Gasteiger partial charge in [-0.05, 0) is 43.2 Å². The number of piperidine rings is 1. The van der Waals surface area contributed by atoms with E-state index in [1.165, 1.54) is 12.4 Å². The van der Waals surface area contributed by atoms with Gasteiger partial charge in [0.05, 0.1) is 12.8 Å². The number of nitrogens with zero attached hydrogens (tertiary/aromatic N) is 7. The molecule has 1 N–H and O–H groups in total. The molecule has 9 nitrogen and oxygen atoms in total. The van der Waals surface area contributed by atoms with Crippen LogP contribution < -0.4 is 19.9 Å². The first-order valence-corrected chi connectivity index (χ1v) is 11.7. The molecule has 3 aromatic rings. The van der Waals surface area contributed by atoms with E-state index in [1.54, 1.807) is 16.7 Å². The second-order valence-corrected chi connectivity index (χ2v) is 9.25. The predicted molar refractivity (Wildman–Crippen MR) is 122 cm³/mol. The molecule has 1 saturated heterocycles. The van der Waals surface area contributed by atoms with Gasteiger partial charge in [-0.1, -0.05) is 0 Å². The minimum atomic E-state index is -1.48. The Hall–Kier alpha value is -3.57. The van der Waals surface area contributed by atoms with Gasteiger partial charge in [-0.15, -0.1) is 5.10 Å². The molecule has 1 aromatic carbocycles. The zero-order chi connectivity index (χ0) is 24.1. The molecule has 4 heterocycles. The van der Waals surface area contributed by atoms with Crippen LogP contribution in [0.5, 0.6) is 5.88 Å². The van der Waals surface area contributed by atoms with Gasteiger partial charge >= 0.3 is 0 Å². The van der Waals surface area contributed by atoms with E-state index in [0.29, 0.717) is 49.1 Å². The second-order valence-electron chi connectivity index (χ2n) is 9.25. The number of aryl methyl sites for hydroxylation is 1. The summed E-state index contributed by atoms with van der Waals surface area (Å²) in [5.41, 5.74) is -0.0440. The number of rotatable bonds is 5. The average Bonchev–Trinajstić information content (AvgIpc) is 3.38. The zero-order valence-corrected chi connectivity index (χ0v) is 19.2. The summed E-state index contributed by atoms with van der Waals surface area (Å²) in [6.07, 6.45) is 4.36. The topological polar surface area (TPSA) is 84.2 Å². The van der Waals surface area contributed by atoms with Gasteiger partial charge in [0.1, 0.15) is 12.1 Å². The van der Waals surface area contributed by atoms with Crippen LogP contribution in [-0.4, -0.2) is 57.5 Å². The van der Waals surface area contributed by atoms with Crippen molar-refractivity contribution in [3.05, 3.63) is 42.0 Å². The van der Waals surface area contributed by atoms with Gasteiger partial charge in [0.2, 0.25) is 17.8 Å². The molecule has 3 atom stereocenters. The molecule has 0 amide bonds. The molecule has 2 bridgehead atoms. The molecule has 1 aliphatic carbocycles. The Morgan fingerprint density at radius 3 is 2.60 bits per heavy atom. The van der Waals surface area contributed by atoms with Crippen molar-refractivity contribution >= 4 is 23.4 Å². The standard InChI is InChI=1S/C23H25F3N8O/c1-35-18-9-17(27-12-28-18)32-10-13-3-4-14(11-32)21(13)29-22-30-23-33(7-2-8-34(23)31-22)16-6-5-15(24)19(25)20(16)26/h5-6,9,12-14,21H,2-4,7-8,10-11H2,1H3,(H,29,31)/t13-,14+,21?. The molecule has 35 heavy (non-hydrogen) atoms. The summed E-state index contributed by atoms with van der Waals surface area (Å²) >= 11 is 0. The maximum absolute atomic E-state index is 14.5. The van der Waals surface area contributed by atoms with Crippen LogP contribution in [0.15, 0.2) is 24.5 Å². The minimum absolute atomic E-state index is 0.0440. The fourth-order valence-corrected chi connectivity index (χ4v) is 5.58. The predicted octanol–water partition coefficient (Wildman–Crippen LogP) is 3.36. The number of benzene rings is 1. The van der Waals surface area contributed by atoms with E-state index in [-0.39, 0.29) is 11.7 Å². The summed E-state index contributed by atoms with van der Waals surface area (Å²) in [7, 11) is 1.59. The highest BCUT2D eigenvalue weighted by Gasteiger charge is 2.43. The summed E-state index contributed by atoms with van der Waals surface area (Å²) in [6, 6.07) is 4.22. The number of nitrogens with one attached hydrogen (secondary N) is 1. The van der Waals surface area contributed by atoms with Crippen molar-refractivity contribution in [1.29, 1.82) is 0 Å². The summed E-state index contributed by atoms with van der Waals surface area (Å²) in [5, 5.41) is 8.12. The number of ether oxygens (including phenoxy) is 1. The van der Waals surface area contributed by atoms with Gasteiger partial charge in [-0.3, -0.25) is 0 Å². The van der Waals surface area contributed by atoms with E-state index >= 15 is 0 Å². The highest BCUT2D eigenvalue weighted by Crippen LogP contribution is 2.40. The van der Waals surface area contributed by atoms with Gasteiger partial charge in [0, 0.05) is 38.3 Å². The van der Waals surface area contributed by atoms with Gasteiger partial charge in [0.25, 0.3) is 0 Å². The van der Waals surface area contributed by atoms with E-state index in [4.69, 9.17) is 4.74 Å². The molecule has 0 radical (unpaired) electrons. The molecule has 6 rings (SSSR count). The number of methoxy groups -OCH3 is 1. The van der Waals surface area contributed by atoms with E-state index in [9.17, 15) is 13.2 Å². The number of anilines is 4. The first-order valence-electron chi connectivity index (χ1n) is 11.7. The van der Waals surface area contributed by atoms with Crippen molar-refractivity contribution in [3.63, 3.8) is 0 Å². The molecular formula is C23H25F3N8O. The Kier molecular flexibility index (Phi) is 5.37. The number of fused-ring (bicyclic) bond motifs is 3. The fraction of sp³-hybridized carbons (Fsp3) is 0.478. The minimum Gasteiger partial charge on any atom is -0.481 e. The van der Waals surface area contributed by atoms with Gasteiger partial charge in [-0.2, -0.15) is 4.98 Å². The van der Waals surface area contributed by atoms with Crippen LogP contribution in [-0.2, 0) is 6.54 Å². The Balaban J connectivity index is 1.21. The number of hydrogen-bond donors (Lipinski definition) is 1. The maximum atomic E-state index is 14.5. The van der Waals surface area contributed by atoms with Crippen molar-refractivity contribution in [1.82, 2.24) is 24.7 Å². The van der Waals surface area contributed by atoms with Crippen molar-refractivity contribution in [2.45, 2.75) is 31.8 Å². The average molecular weight is 487 g/mol. The molecule has 184 valence electrons. The highest BCUT2D eigenvalue weighted by atomic mass is 19.2. The Morgan fingerprint density at radius 1 is 1.03 bits per heavy atom. The first kappa shape index (κ1) is 21.9. The molecule has 2 fully saturated rings. The van der Waals surface area contributed by atoms with Crippen LogP contribution in [0.4, 0.5) is 36.6 Å². The molecule has 2 aromatic heterocycles. The van der Waals surface area contributed by atoms with Crippen LogP contribution in [0.25, 0.3) is 0 Å². The SMILES string of the molecule is COc1cc(N2C[C@H]3CC[C@@H](C2)C3Nc2nc3n(n2)CCCN3c2ccc(F)c(F)c2F)ncn1. The van der Waals surface area contributed by atoms with Crippen molar-refractivity contribution in [2.75, 3.05) is 41.9 Å². The van der Waals surface area contributed by atoms with Gasteiger partial charge < -0.3 is 19.9 Å². The lowest BCUT2D eigenvalue weighted by Gasteiger charge is -2.38. The zero-order valence-electron chi connectivity index (χ0n) is 19.2. The quantitative estimate of drug-likeness (QED) is 0.550. The van der Waals surface area contributed by atoms with Gasteiger partial charge in [0.15, 0.2) is 17.5 Å². The fourth-order valence-electron chi connectivity index (χ4n) is 5.58. The lowest BCUT2D eigenvalue weighted by atomic mass is 9.92. The van der Waals surface area contributed by atoms with E-state index in [0.717, 1.165) is 37.8 Å². The maximum Gasteiger partial charge on any atom is 0.244 e. The summed E-state index contributed by atoms with van der Waals surface area (Å²) in [4.78, 5) is 17.0. The van der Waals surface area contributed by atoms with Crippen molar-refractivity contribution in [3.8, 4) is 5.88 Å². The monoisotopic (exact) mass is 486 g/mol. The Bertz CT molecular complexity index is 1240. The van der Waals surface area contributed by atoms with Crippen molar-refractivity contribution < 1.29 is 17.9 Å². The van der Waals surface area contributed by atoms with Crippen LogP contribution in [0.2, 0.25) is 0 Å². The van der Waals surface area contributed by atoms with Crippen LogP contribution >= 0.6 is 0 Å². The number of halogens is 3. The molecular weight excluding hydrogens is 461 g/mol. The van der Waals surface area contributed by atoms with Crippen molar-refractivity contribution in [2.24, 2.45) is 11.8 Å². The number of aromatic nitrogens is 5. The first-order chi connectivity index (χ1) is 17.0. The molecule has 3 aliphatic rings. The Labute approximate surface area is 199 Å². The molecule has 0 spiro atoms. The van der Waals surface area contributed by atoms with Crippen LogP contribution in [0, 0.1) is 29.3 Å². The van der Waals surface area contributed by atoms with Crippen LogP contribution in [0.3, 0.4) is 0 Å². The third-order valence-corrected chi connectivity index (χ3v) is 7.24. The third-order valence-electron chi connectivity index (χ3n) is 7.24. The smallest absolute Gasteiger partial charge is 0.244 e. The molecule has 2 aliphatic heterocycles. The molecule has 1 unspecified atom stereocenters. The summed E-state index contributed by atoms with van der Waals surface area (Å²) < 4.78 is 48.8. The molecule has 1 saturated carbocycles. The second kappa shape index (κ2) is 8.58. The van der Waals surface area contributed by atoms with E-state index in [2.05, 4.69) is 30.3 Å². The third kappa shape index (κ3) is 3.80. The van der Waals surface area contributed by atoms with E-state index in [1.807, 2.05) is 6.07 Å². The van der Waals surface area contributed by atoms with E-state index < -0.39 is 17.5 Å². The van der Waals surface area contributed by atoms with Gasteiger partial charge in [-0.25, -0.2) is 27.8 Å². The lowest BCUT2D eigenvalue weighted by molar-refractivity contribution is 0.372. The van der Waals surface area contributed by atoms with Crippen LogP contribution in [0.1, 0.15) is 19.3 Å². The highest BCUT2D eigenvalue weighted by molar-refractivity contribution is 5.60. The number of hydrogen-bond acceptors (Lipinski definition) is 8. The lowest BCUT2D eigenvalue weighted by Crippen LogP contribution is -2.48. The normalized spacial score (nSPS) is 23.4. The summed E-state index contributed by atoms with van der Waals surface area (Å²) in [6.45, 7) is 2.74.